The zero-order valence-corrected chi connectivity index (χ0v) is 9.41. The Labute approximate surface area is 85.8 Å². The van der Waals surface area contributed by atoms with Gasteiger partial charge in [-0.1, -0.05) is 0 Å². The van der Waals surface area contributed by atoms with E-state index < -0.39 is 0 Å². The van der Waals surface area contributed by atoms with Crippen LogP contribution in [-0.2, 0) is 0 Å². The molecule has 0 spiro atoms. The van der Waals surface area contributed by atoms with Crippen molar-refractivity contribution in [2.45, 2.75) is 0 Å². The van der Waals surface area contributed by atoms with E-state index >= 15 is 0 Å². The van der Waals surface area contributed by atoms with Crippen molar-refractivity contribution in [1.82, 2.24) is 0 Å². The van der Waals surface area contributed by atoms with Crippen LogP contribution in [0.1, 0.15) is 10.4 Å². The summed E-state index contributed by atoms with van der Waals surface area (Å²) in [5.41, 5.74) is 0.662. The second-order valence-corrected chi connectivity index (χ2v) is 3.58. The Balaban J connectivity index is 2.95. The van der Waals surface area contributed by atoms with Crippen LogP contribution < -0.4 is 9.09 Å². The first-order chi connectivity index (χ1) is 6.29. The van der Waals surface area contributed by atoms with Crippen molar-refractivity contribution in [2.75, 3.05) is 6.61 Å². The van der Waals surface area contributed by atoms with Gasteiger partial charge in [-0.3, -0.25) is 0 Å². The molecule has 1 aromatic carbocycles. The molecule has 0 aliphatic carbocycles. The molecule has 0 saturated carbocycles. The van der Waals surface area contributed by atoms with Gasteiger partial charge in [0, 0.05) is 0 Å². The van der Waals surface area contributed by atoms with E-state index in [0.717, 1.165) is 10.6 Å². The normalized spacial score (nSPS) is 8.92. The fourth-order valence-electron chi connectivity index (χ4n) is 0.909. The number of hydrogen-bond acceptors (Lipinski definition) is 2. The van der Waals surface area contributed by atoms with Gasteiger partial charge in [0.2, 0.25) is 0 Å². The number of benzene rings is 1. The summed E-state index contributed by atoms with van der Waals surface area (Å²) in [6.45, 7) is 0.235. The molecule has 1 rings (SSSR count). The van der Waals surface area contributed by atoms with Gasteiger partial charge in [0.15, 0.2) is 0 Å². The Hall–Kier alpha value is -1.19. The summed E-state index contributed by atoms with van der Waals surface area (Å²) in [5.74, 6) is 3.07. The minimum atomic E-state index is 0.235. The molecule has 0 N–H and O–H groups in total. The van der Waals surface area contributed by atoms with E-state index in [1.165, 1.54) is 16.9 Å². The Morgan fingerprint density at radius 1 is 1.62 bits per heavy atom. The molecule has 66 valence electrons. The molecular formula is C10H9AsO2. The molecule has 0 aliphatic heterocycles. The maximum atomic E-state index is 10.6. The van der Waals surface area contributed by atoms with Crippen molar-refractivity contribution in [3.63, 3.8) is 0 Å². The molecule has 0 heterocycles. The number of carbonyl (C=O) groups excluding carboxylic acids is 1. The van der Waals surface area contributed by atoms with Crippen molar-refractivity contribution >= 4 is 27.5 Å². The molecule has 1 aromatic rings. The Bertz CT molecular complexity index is 352. The Morgan fingerprint density at radius 2 is 2.38 bits per heavy atom. The second kappa shape index (κ2) is 4.74. The van der Waals surface area contributed by atoms with Crippen molar-refractivity contribution in [2.24, 2.45) is 0 Å². The van der Waals surface area contributed by atoms with Crippen LogP contribution in [0, 0.1) is 12.3 Å². The molecule has 1 unspecified atom stereocenters. The first kappa shape index (κ1) is 9.89. The Morgan fingerprint density at radius 3 is 3.00 bits per heavy atom. The number of carbonyl (C=O) groups is 1. The molecule has 3 heteroatoms. The maximum absolute atomic E-state index is 10.6. The van der Waals surface area contributed by atoms with Gasteiger partial charge in [0.25, 0.3) is 0 Å². The van der Waals surface area contributed by atoms with Gasteiger partial charge in [-0.05, 0) is 0 Å². The van der Waals surface area contributed by atoms with Crippen molar-refractivity contribution < 1.29 is 9.53 Å². The average molecular weight is 236 g/mol. The summed E-state index contributed by atoms with van der Waals surface area (Å²) in [7, 11) is 0. The third-order valence-electron chi connectivity index (χ3n) is 1.54. The summed E-state index contributed by atoms with van der Waals surface area (Å²) in [4.78, 5) is 10.6. The molecule has 13 heavy (non-hydrogen) atoms. The van der Waals surface area contributed by atoms with Crippen molar-refractivity contribution in [3.05, 3.63) is 23.8 Å². The third kappa shape index (κ3) is 2.37. The summed E-state index contributed by atoms with van der Waals surface area (Å²) >= 11 is 1.36. The van der Waals surface area contributed by atoms with E-state index in [9.17, 15) is 4.79 Å². The van der Waals surface area contributed by atoms with Gasteiger partial charge < -0.3 is 0 Å². The molecule has 0 aromatic heterocycles. The number of rotatable bonds is 3. The van der Waals surface area contributed by atoms with E-state index in [1.807, 2.05) is 0 Å². The topological polar surface area (TPSA) is 26.3 Å². The van der Waals surface area contributed by atoms with Crippen molar-refractivity contribution in [1.29, 1.82) is 0 Å². The quantitative estimate of drug-likeness (QED) is 0.411. The van der Waals surface area contributed by atoms with Gasteiger partial charge in [-0.2, -0.15) is 0 Å². The molecule has 2 nitrogen and oxygen atoms in total. The summed E-state index contributed by atoms with van der Waals surface area (Å²) in [5, 5.41) is 0. The molecule has 0 bridgehead atoms. The second-order valence-electron chi connectivity index (χ2n) is 2.37. The van der Waals surface area contributed by atoms with E-state index in [2.05, 4.69) is 5.92 Å². The van der Waals surface area contributed by atoms with Gasteiger partial charge in [-0.15, -0.1) is 0 Å². The molecule has 0 radical (unpaired) electrons. The van der Waals surface area contributed by atoms with Crippen LogP contribution in [0.5, 0.6) is 5.75 Å². The fraction of sp³-hybridized carbons (Fsp3) is 0.100. The number of hydrogen-bond donors (Lipinski definition) is 0. The Kier molecular flexibility index (Phi) is 3.61. The zero-order chi connectivity index (χ0) is 9.68. The minimum absolute atomic E-state index is 0.235. The summed E-state index contributed by atoms with van der Waals surface area (Å²) < 4.78 is 6.14. The van der Waals surface area contributed by atoms with Crippen LogP contribution in [-0.4, -0.2) is 29.7 Å². The zero-order valence-electron chi connectivity index (χ0n) is 6.99. The number of ether oxygens (including phenoxy) is 1. The van der Waals surface area contributed by atoms with Crippen LogP contribution in [0.2, 0.25) is 0 Å². The molecular weight excluding hydrogens is 227 g/mol. The van der Waals surface area contributed by atoms with Crippen molar-refractivity contribution in [3.8, 4) is 18.1 Å². The molecule has 1 atom stereocenters. The monoisotopic (exact) mass is 236 g/mol. The SMILES string of the molecule is C#CCOc1cccc(C=O)c1[AsH2]. The van der Waals surface area contributed by atoms with Crippen LogP contribution in [0.15, 0.2) is 18.2 Å². The van der Waals surface area contributed by atoms with Gasteiger partial charge in [0.1, 0.15) is 0 Å². The van der Waals surface area contributed by atoms with Crippen LogP contribution >= 0.6 is 0 Å². The van der Waals surface area contributed by atoms with Gasteiger partial charge in [-0.25, -0.2) is 0 Å². The van der Waals surface area contributed by atoms with Crippen LogP contribution in [0.25, 0.3) is 0 Å². The predicted molar refractivity (Wildman–Crippen MR) is 54.3 cm³/mol. The fourth-order valence-corrected chi connectivity index (χ4v) is 1.63. The first-order valence-electron chi connectivity index (χ1n) is 3.69. The summed E-state index contributed by atoms with van der Waals surface area (Å²) in [6.07, 6.45) is 5.88. The average Bonchev–Trinajstić information content (AvgIpc) is 2.16. The standard InChI is InChI=1S/C10H9AsO2/c1-2-6-13-9-5-3-4-8(7-12)10(9)11/h1,3-5,7H,6,11H2. The first-order valence-corrected chi connectivity index (χ1v) is 4.90. The van der Waals surface area contributed by atoms with Gasteiger partial charge in [0.05, 0.1) is 0 Å². The van der Waals surface area contributed by atoms with Gasteiger partial charge >= 0.3 is 85.5 Å². The molecule has 0 aliphatic rings. The molecule has 0 saturated heterocycles. The van der Waals surface area contributed by atoms with Crippen LogP contribution in [0.3, 0.4) is 0 Å². The number of terminal acetylenes is 1. The third-order valence-corrected chi connectivity index (χ3v) is 2.83. The predicted octanol–water partition coefficient (Wildman–Crippen LogP) is -0.231. The van der Waals surface area contributed by atoms with E-state index in [4.69, 9.17) is 11.2 Å². The van der Waals surface area contributed by atoms with E-state index in [0.29, 0.717) is 11.3 Å². The molecule has 0 fully saturated rings. The summed E-state index contributed by atoms with van der Waals surface area (Å²) in [6, 6.07) is 5.34. The molecule has 0 amide bonds. The van der Waals surface area contributed by atoms with E-state index in [-0.39, 0.29) is 6.61 Å². The van der Waals surface area contributed by atoms with Crippen LogP contribution in [0.4, 0.5) is 0 Å². The van der Waals surface area contributed by atoms with E-state index in [1.54, 1.807) is 18.2 Å². The number of aldehydes is 1.